The van der Waals surface area contributed by atoms with Gasteiger partial charge in [0.2, 0.25) is 0 Å². The maximum absolute atomic E-state index is 4.27. The van der Waals surface area contributed by atoms with Crippen molar-refractivity contribution >= 4 is 11.3 Å². The first-order chi connectivity index (χ1) is 8.49. The first-order valence-corrected chi connectivity index (χ1v) is 7.08. The van der Waals surface area contributed by atoms with E-state index in [0.717, 1.165) is 6.54 Å². The predicted molar refractivity (Wildman–Crippen MR) is 77.0 cm³/mol. The highest BCUT2D eigenvalue weighted by Gasteiger charge is 2.12. The van der Waals surface area contributed by atoms with Gasteiger partial charge < -0.3 is 5.32 Å². The van der Waals surface area contributed by atoms with Crippen LogP contribution in [0, 0.1) is 20.8 Å². The first-order valence-electron chi connectivity index (χ1n) is 6.27. The molecule has 0 aliphatic carbocycles. The van der Waals surface area contributed by atoms with E-state index in [1.54, 1.807) is 0 Å². The van der Waals surface area contributed by atoms with E-state index < -0.39 is 0 Å². The van der Waals surface area contributed by atoms with Crippen molar-refractivity contribution < 1.29 is 0 Å². The molecule has 2 aromatic rings. The summed E-state index contributed by atoms with van der Waals surface area (Å²) >= 11 is 1.87. The molecule has 1 N–H and O–H groups in total. The van der Waals surface area contributed by atoms with Crippen molar-refractivity contribution in [3.8, 4) is 0 Å². The van der Waals surface area contributed by atoms with Gasteiger partial charge in [0.1, 0.15) is 0 Å². The van der Waals surface area contributed by atoms with Crippen LogP contribution in [0.3, 0.4) is 0 Å². The maximum Gasteiger partial charge on any atom is 0.0537 e. The molecule has 0 bridgehead atoms. The van der Waals surface area contributed by atoms with Gasteiger partial charge in [0, 0.05) is 40.6 Å². The summed E-state index contributed by atoms with van der Waals surface area (Å²) in [5.74, 6) is 0. The van der Waals surface area contributed by atoms with Gasteiger partial charge >= 0.3 is 0 Å². The van der Waals surface area contributed by atoms with Crippen LogP contribution in [0.2, 0.25) is 0 Å². The van der Waals surface area contributed by atoms with Crippen LogP contribution in [-0.4, -0.2) is 9.78 Å². The largest absolute Gasteiger partial charge is 0.306 e. The fraction of sp³-hybridized carbons (Fsp3) is 0.500. The van der Waals surface area contributed by atoms with Gasteiger partial charge in [-0.3, -0.25) is 4.68 Å². The Morgan fingerprint density at radius 3 is 2.61 bits per heavy atom. The molecule has 18 heavy (non-hydrogen) atoms. The van der Waals surface area contributed by atoms with E-state index in [4.69, 9.17) is 0 Å². The second kappa shape index (κ2) is 5.24. The Kier molecular flexibility index (Phi) is 3.88. The van der Waals surface area contributed by atoms with Gasteiger partial charge in [-0.2, -0.15) is 5.10 Å². The summed E-state index contributed by atoms with van der Waals surface area (Å²) in [7, 11) is 1.98. The number of rotatable bonds is 4. The molecule has 1 atom stereocenters. The fourth-order valence-corrected chi connectivity index (χ4v) is 3.19. The van der Waals surface area contributed by atoms with Crippen molar-refractivity contribution in [1.29, 1.82) is 0 Å². The third-order valence-electron chi connectivity index (χ3n) is 3.48. The third-order valence-corrected chi connectivity index (χ3v) is 4.46. The van der Waals surface area contributed by atoms with Crippen LogP contribution >= 0.6 is 11.3 Å². The Hall–Kier alpha value is -1.13. The summed E-state index contributed by atoms with van der Waals surface area (Å²) in [5.41, 5.74) is 3.92. The highest BCUT2D eigenvalue weighted by Crippen LogP contribution is 2.26. The van der Waals surface area contributed by atoms with Gasteiger partial charge in [-0.1, -0.05) is 0 Å². The Morgan fingerprint density at radius 1 is 1.39 bits per heavy atom. The molecule has 0 fully saturated rings. The molecule has 2 aromatic heterocycles. The monoisotopic (exact) mass is 263 g/mol. The molecule has 2 heterocycles. The zero-order chi connectivity index (χ0) is 13.3. The summed E-state index contributed by atoms with van der Waals surface area (Å²) in [5, 5.41) is 7.84. The average Bonchev–Trinajstić information content (AvgIpc) is 2.81. The first kappa shape index (κ1) is 13.3. The minimum atomic E-state index is 0.384. The van der Waals surface area contributed by atoms with Crippen molar-refractivity contribution in [1.82, 2.24) is 15.1 Å². The summed E-state index contributed by atoms with van der Waals surface area (Å²) < 4.78 is 1.92. The minimum absolute atomic E-state index is 0.384. The molecule has 0 aliphatic heterocycles. The summed E-state index contributed by atoms with van der Waals surface area (Å²) in [6.45, 7) is 9.56. The molecular weight excluding hydrogens is 242 g/mol. The van der Waals surface area contributed by atoms with Crippen LogP contribution in [0.25, 0.3) is 0 Å². The Morgan fingerprint density at radius 2 is 2.11 bits per heavy atom. The molecule has 0 spiro atoms. The van der Waals surface area contributed by atoms with E-state index in [1.165, 1.54) is 26.6 Å². The van der Waals surface area contributed by atoms with Crippen LogP contribution in [0.1, 0.15) is 39.5 Å². The molecule has 98 valence electrons. The zero-order valence-corrected chi connectivity index (χ0v) is 12.6. The van der Waals surface area contributed by atoms with Crippen molar-refractivity contribution in [2.75, 3.05) is 0 Å². The molecule has 4 heteroatoms. The van der Waals surface area contributed by atoms with Gasteiger partial charge in [-0.25, -0.2) is 0 Å². The third kappa shape index (κ3) is 2.65. The van der Waals surface area contributed by atoms with Gasteiger partial charge in [-0.15, -0.1) is 11.3 Å². The van der Waals surface area contributed by atoms with Crippen LogP contribution in [0.4, 0.5) is 0 Å². The van der Waals surface area contributed by atoms with Crippen molar-refractivity contribution in [3.63, 3.8) is 0 Å². The van der Waals surface area contributed by atoms with E-state index in [-0.39, 0.29) is 0 Å². The molecule has 1 unspecified atom stereocenters. The van der Waals surface area contributed by atoms with Crippen LogP contribution in [0.5, 0.6) is 0 Å². The summed E-state index contributed by atoms with van der Waals surface area (Å²) in [6, 6.07) is 2.67. The molecule has 0 amide bonds. The lowest BCUT2D eigenvalue weighted by Gasteiger charge is -2.13. The van der Waals surface area contributed by atoms with Crippen LogP contribution in [0.15, 0.2) is 12.3 Å². The Balaban J connectivity index is 2.02. The average molecular weight is 263 g/mol. The number of nitrogens with zero attached hydrogens (tertiary/aromatic N) is 2. The quantitative estimate of drug-likeness (QED) is 0.917. The van der Waals surface area contributed by atoms with E-state index in [9.17, 15) is 0 Å². The number of hydrogen-bond acceptors (Lipinski definition) is 3. The van der Waals surface area contributed by atoms with Gasteiger partial charge in [-0.05, 0) is 39.3 Å². The lowest BCUT2D eigenvalue weighted by atomic mass is 10.1. The van der Waals surface area contributed by atoms with Crippen LogP contribution in [-0.2, 0) is 13.6 Å². The van der Waals surface area contributed by atoms with E-state index >= 15 is 0 Å². The minimum Gasteiger partial charge on any atom is -0.306 e. The Labute approximate surface area is 113 Å². The van der Waals surface area contributed by atoms with Crippen molar-refractivity contribution in [3.05, 3.63) is 38.8 Å². The smallest absolute Gasteiger partial charge is 0.0537 e. The summed E-state index contributed by atoms with van der Waals surface area (Å²) in [6.07, 6.45) is 1.95. The van der Waals surface area contributed by atoms with Gasteiger partial charge in [0.05, 0.1) is 6.20 Å². The van der Waals surface area contributed by atoms with Crippen molar-refractivity contribution in [2.24, 2.45) is 7.05 Å². The number of aromatic nitrogens is 2. The molecular formula is C14H21N3S. The van der Waals surface area contributed by atoms with Crippen LogP contribution < -0.4 is 5.32 Å². The molecule has 0 saturated carbocycles. The molecule has 3 nitrogen and oxygen atoms in total. The normalized spacial score (nSPS) is 12.9. The molecule has 0 saturated heterocycles. The lowest BCUT2D eigenvalue weighted by Crippen LogP contribution is -2.18. The van der Waals surface area contributed by atoms with E-state index in [1.807, 2.05) is 29.3 Å². The number of thiophene rings is 1. The fourth-order valence-electron chi connectivity index (χ4n) is 2.17. The molecule has 2 rings (SSSR count). The highest BCUT2D eigenvalue weighted by atomic mass is 32.1. The predicted octanol–water partition coefficient (Wildman–Crippen LogP) is 3.26. The van der Waals surface area contributed by atoms with E-state index in [2.05, 4.69) is 44.2 Å². The number of aryl methyl sites for hydroxylation is 3. The second-order valence-electron chi connectivity index (χ2n) is 4.85. The summed E-state index contributed by atoms with van der Waals surface area (Å²) in [4.78, 5) is 2.80. The zero-order valence-electron chi connectivity index (χ0n) is 11.7. The molecule has 0 aliphatic rings. The standard InChI is InChI=1S/C14H21N3S/c1-9-6-14(12(4)18-9)10(2)15-7-13-8-16-17(5)11(13)3/h6,8,10,15H,7H2,1-5H3. The van der Waals surface area contributed by atoms with E-state index in [0.29, 0.717) is 6.04 Å². The second-order valence-corrected chi connectivity index (χ2v) is 6.31. The topological polar surface area (TPSA) is 29.9 Å². The molecule has 0 aromatic carbocycles. The highest BCUT2D eigenvalue weighted by molar-refractivity contribution is 7.12. The SMILES string of the molecule is Cc1cc(C(C)NCc2cnn(C)c2C)c(C)s1. The van der Waals surface area contributed by atoms with Gasteiger partial charge in [0.15, 0.2) is 0 Å². The number of hydrogen-bond donors (Lipinski definition) is 1. The number of nitrogens with one attached hydrogen (secondary N) is 1. The Bertz CT molecular complexity index is 539. The van der Waals surface area contributed by atoms with Gasteiger partial charge in [0.25, 0.3) is 0 Å². The lowest BCUT2D eigenvalue weighted by molar-refractivity contribution is 0.572. The van der Waals surface area contributed by atoms with Crippen molar-refractivity contribution in [2.45, 2.75) is 40.3 Å². The maximum atomic E-state index is 4.27. The molecule has 0 radical (unpaired) electrons.